The van der Waals surface area contributed by atoms with Crippen molar-refractivity contribution in [1.29, 1.82) is 0 Å². The van der Waals surface area contributed by atoms with Crippen molar-refractivity contribution in [3.05, 3.63) is 59.7 Å². The lowest BCUT2D eigenvalue weighted by molar-refractivity contribution is -0.116. The van der Waals surface area contributed by atoms with Crippen LogP contribution in [0.3, 0.4) is 0 Å². The van der Waals surface area contributed by atoms with Crippen molar-refractivity contribution in [2.45, 2.75) is 37.1 Å². The number of nitrogens with zero attached hydrogens (tertiary/aromatic N) is 1. The number of aryl methyl sites for hydroxylation is 1. The van der Waals surface area contributed by atoms with Crippen LogP contribution in [0.15, 0.2) is 53.4 Å². The minimum Gasteiger partial charge on any atom is -0.326 e. The molecule has 150 valence electrons. The third kappa shape index (κ3) is 5.64. The second-order valence-electron chi connectivity index (χ2n) is 7.20. The van der Waals surface area contributed by atoms with E-state index in [1.165, 1.54) is 5.56 Å². The highest BCUT2D eigenvalue weighted by Crippen LogP contribution is 2.25. The average molecular weight is 402 g/mol. The number of carbonyl (C=O) groups is 1. The van der Waals surface area contributed by atoms with Crippen LogP contribution < -0.4 is 10.0 Å². The van der Waals surface area contributed by atoms with Crippen molar-refractivity contribution in [2.24, 2.45) is 0 Å². The van der Waals surface area contributed by atoms with Gasteiger partial charge in [0.25, 0.3) is 0 Å². The highest BCUT2D eigenvalue weighted by molar-refractivity contribution is 7.89. The summed E-state index contributed by atoms with van der Waals surface area (Å²) in [6, 6.07) is 15.1. The van der Waals surface area contributed by atoms with Gasteiger partial charge in [0, 0.05) is 25.2 Å². The van der Waals surface area contributed by atoms with Crippen molar-refractivity contribution in [2.75, 3.05) is 25.5 Å². The monoisotopic (exact) mass is 401 g/mol. The van der Waals surface area contributed by atoms with Crippen LogP contribution in [0.25, 0.3) is 0 Å². The van der Waals surface area contributed by atoms with Crippen molar-refractivity contribution >= 4 is 21.6 Å². The first-order chi connectivity index (χ1) is 13.4. The molecule has 0 fully saturated rings. The largest absolute Gasteiger partial charge is 0.326 e. The van der Waals surface area contributed by atoms with Crippen LogP contribution in [0.2, 0.25) is 0 Å². The van der Waals surface area contributed by atoms with E-state index in [2.05, 4.69) is 27.1 Å². The van der Waals surface area contributed by atoms with Gasteiger partial charge in [0.05, 0.1) is 4.90 Å². The molecule has 0 bridgehead atoms. The number of amides is 1. The summed E-state index contributed by atoms with van der Waals surface area (Å²) in [5, 5.41) is 2.83. The van der Waals surface area contributed by atoms with Crippen LogP contribution in [0, 0.1) is 0 Å². The number of hydrogen-bond donors (Lipinski definition) is 2. The van der Waals surface area contributed by atoms with E-state index in [-0.39, 0.29) is 10.8 Å². The molecule has 7 heteroatoms. The van der Waals surface area contributed by atoms with Crippen molar-refractivity contribution in [3.8, 4) is 0 Å². The molecule has 3 rings (SSSR count). The summed E-state index contributed by atoms with van der Waals surface area (Å²) >= 11 is 0. The molecule has 0 atom stereocenters. The predicted molar refractivity (Wildman–Crippen MR) is 111 cm³/mol. The average Bonchev–Trinajstić information content (AvgIpc) is 2.86. The van der Waals surface area contributed by atoms with Gasteiger partial charge in [-0.05, 0) is 62.2 Å². The van der Waals surface area contributed by atoms with Gasteiger partial charge in [0.2, 0.25) is 15.9 Å². The Morgan fingerprint density at radius 2 is 1.89 bits per heavy atom. The van der Waals surface area contributed by atoms with Crippen LogP contribution in [-0.2, 0) is 27.8 Å². The lowest BCUT2D eigenvalue weighted by atomic mass is 10.1. The number of sulfonamides is 1. The molecule has 1 heterocycles. The van der Waals surface area contributed by atoms with Crippen molar-refractivity contribution in [1.82, 2.24) is 9.62 Å². The zero-order valence-electron chi connectivity index (χ0n) is 16.1. The molecule has 0 radical (unpaired) electrons. The van der Waals surface area contributed by atoms with Crippen molar-refractivity contribution in [3.63, 3.8) is 0 Å². The maximum atomic E-state index is 12.6. The molecule has 0 aromatic heterocycles. The lowest BCUT2D eigenvalue weighted by Gasteiger charge is -2.17. The summed E-state index contributed by atoms with van der Waals surface area (Å²) in [5.41, 5.74) is 2.82. The van der Waals surface area contributed by atoms with Gasteiger partial charge >= 0.3 is 0 Å². The second-order valence-corrected chi connectivity index (χ2v) is 8.96. The van der Waals surface area contributed by atoms with Crippen molar-refractivity contribution < 1.29 is 13.2 Å². The van der Waals surface area contributed by atoms with Crippen LogP contribution in [0.1, 0.15) is 30.4 Å². The number of fused-ring (bicyclic) bond motifs is 1. The van der Waals surface area contributed by atoms with E-state index in [0.29, 0.717) is 25.1 Å². The first-order valence-corrected chi connectivity index (χ1v) is 11.1. The number of nitrogens with one attached hydrogen (secondary N) is 2. The summed E-state index contributed by atoms with van der Waals surface area (Å²) in [7, 11) is -1.53. The minimum atomic E-state index is -3.56. The molecule has 1 aliphatic heterocycles. The van der Waals surface area contributed by atoms with Gasteiger partial charge in [-0.25, -0.2) is 13.1 Å². The summed E-state index contributed by atoms with van der Waals surface area (Å²) in [5.74, 6) is -0.0212. The van der Waals surface area contributed by atoms with Gasteiger partial charge in [0.1, 0.15) is 0 Å². The van der Waals surface area contributed by atoms with Crippen LogP contribution in [-0.4, -0.2) is 39.4 Å². The van der Waals surface area contributed by atoms with Crippen LogP contribution in [0.4, 0.5) is 5.69 Å². The van der Waals surface area contributed by atoms with E-state index in [9.17, 15) is 13.2 Å². The Bertz CT molecular complexity index is 914. The number of hydrogen-bond acceptors (Lipinski definition) is 4. The van der Waals surface area contributed by atoms with Crippen LogP contribution in [0.5, 0.6) is 0 Å². The standard InChI is InChI=1S/C21H27N3O3S/c1-24(16-17-7-3-2-4-8-17)14-6-13-22-28(26,27)19-11-12-20-18(15-19)9-5-10-21(25)23-20/h2-4,7-8,11-12,15,22H,5-6,9-10,13-14,16H2,1H3,(H,23,25). The molecule has 6 nitrogen and oxygen atoms in total. The molecule has 0 saturated carbocycles. The fourth-order valence-corrected chi connectivity index (χ4v) is 4.46. The van der Waals surface area contributed by atoms with Gasteiger partial charge in [-0.2, -0.15) is 0 Å². The summed E-state index contributed by atoms with van der Waals surface area (Å²) < 4.78 is 27.9. The lowest BCUT2D eigenvalue weighted by Crippen LogP contribution is -2.28. The molecule has 0 spiro atoms. The Kier molecular flexibility index (Phi) is 6.83. The Labute approximate surface area is 167 Å². The van der Waals surface area contributed by atoms with Gasteiger partial charge in [0.15, 0.2) is 0 Å². The SMILES string of the molecule is CN(CCCNS(=O)(=O)c1ccc2c(c1)CCCC(=O)N2)Cc1ccccc1. The van der Waals surface area contributed by atoms with E-state index >= 15 is 0 Å². The smallest absolute Gasteiger partial charge is 0.240 e. The van der Waals surface area contributed by atoms with E-state index in [4.69, 9.17) is 0 Å². The Balaban J connectivity index is 1.51. The molecule has 0 unspecified atom stereocenters. The molecule has 2 aromatic rings. The molecule has 0 aliphatic carbocycles. The van der Waals surface area contributed by atoms with Gasteiger partial charge in [-0.3, -0.25) is 4.79 Å². The fourth-order valence-electron chi connectivity index (χ4n) is 3.33. The molecule has 28 heavy (non-hydrogen) atoms. The molecular weight excluding hydrogens is 374 g/mol. The Hall–Kier alpha value is -2.22. The first kappa shape index (κ1) is 20.5. The number of benzene rings is 2. The zero-order valence-corrected chi connectivity index (χ0v) is 17.0. The number of anilines is 1. The molecule has 0 saturated heterocycles. The van der Waals surface area contributed by atoms with E-state index in [1.54, 1.807) is 18.2 Å². The second kappa shape index (κ2) is 9.32. The quantitative estimate of drug-likeness (QED) is 0.667. The summed E-state index contributed by atoms with van der Waals surface area (Å²) in [6.45, 7) is 2.02. The van der Waals surface area contributed by atoms with Gasteiger partial charge < -0.3 is 10.2 Å². The summed E-state index contributed by atoms with van der Waals surface area (Å²) in [6.07, 6.45) is 2.61. The maximum Gasteiger partial charge on any atom is 0.240 e. The molecule has 2 N–H and O–H groups in total. The highest BCUT2D eigenvalue weighted by Gasteiger charge is 2.18. The predicted octanol–water partition coefficient (Wildman–Crippen LogP) is 2.76. The number of carbonyl (C=O) groups excluding carboxylic acids is 1. The molecule has 2 aromatic carbocycles. The molecule has 1 amide bonds. The van der Waals surface area contributed by atoms with E-state index in [0.717, 1.165) is 31.5 Å². The van der Waals surface area contributed by atoms with E-state index < -0.39 is 10.0 Å². The minimum absolute atomic E-state index is 0.0212. The maximum absolute atomic E-state index is 12.6. The first-order valence-electron chi connectivity index (χ1n) is 9.59. The molecular formula is C21H27N3O3S. The fraction of sp³-hybridized carbons (Fsp3) is 0.381. The molecule has 1 aliphatic rings. The van der Waals surface area contributed by atoms with Gasteiger partial charge in [-0.15, -0.1) is 0 Å². The third-order valence-corrected chi connectivity index (χ3v) is 6.27. The topological polar surface area (TPSA) is 78.5 Å². The number of rotatable bonds is 8. The Morgan fingerprint density at radius 3 is 2.68 bits per heavy atom. The zero-order chi connectivity index (χ0) is 20.0. The van der Waals surface area contributed by atoms with E-state index in [1.807, 2.05) is 25.2 Å². The Morgan fingerprint density at radius 1 is 1.11 bits per heavy atom. The highest BCUT2D eigenvalue weighted by atomic mass is 32.2. The van der Waals surface area contributed by atoms with Gasteiger partial charge in [-0.1, -0.05) is 30.3 Å². The third-order valence-electron chi connectivity index (χ3n) is 4.82. The van der Waals surface area contributed by atoms with Crippen LogP contribution >= 0.6 is 0 Å². The normalized spacial score (nSPS) is 14.4. The summed E-state index contributed by atoms with van der Waals surface area (Å²) in [4.78, 5) is 14.1.